The van der Waals surface area contributed by atoms with Gasteiger partial charge < -0.3 is 0 Å². The summed E-state index contributed by atoms with van der Waals surface area (Å²) in [6.07, 6.45) is 4.12. The molecule has 0 atom stereocenters. The molecule has 1 aliphatic heterocycles. The summed E-state index contributed by atoms with van der Waals surface area (Å²) >= 11 is 0. The van der Waals surface area contributed by atoms with Crippen LogP contribution >= 0.6 is 0 Å². The van der Waals surface area contributed by atoms with E-state index in [1.54, 1.807) is 6.21 Å². The van der Waals surface area contributed by atoms with Crippen LogP contribution in [0.5, 0.6) is 0 Å². The third-order valence-electron chi connectivity index (χ3n) is 0.393. The van der Waals surface area contributed by atoms with Crippen LogP contribution in [0.4, 0.5) is 0 Å². The van der Waals surface area contributed by atoms with Crippen molar-refractivity contribution in [2.24, 2.45) is 9.98 Å². The molecule has 1 rings (SSSR count). The highest BCUT2D eigenvalue weighted by molar-refractivity contribution is 5.79. The Balaban J connectivity index is 2.61. The predicted molar refractivity (Wildman–Crippen MR) is 20.8 cm³/mol. The van der Waals surface area contributed by atoms with Gasteiger partial charge in [0.1, 0.15) is 0 Å². The zero-order valence-electron chi connectivity index (χ0n) is 2.68. The van der Waals surface area contributed by atoms with Gasteiger partial charge in [-0.3, -0.25) is 4.99 Å². The maximum Gasteiger partial charge on any atom is 0.192 e. The van der Waals surface area contributed by atoms with E-state index < -0.39 is 0 Å². The third kappa shape index (κ3) is 0.318. The van der Waals surface area contributed by atoms with E-state index in [1.807, 2.05) is 0 Å². The molecule has 0 amide bonds. The SMILES string of the molecule is [C]1=NCC=N1. The molecule has 1 radical (unpaired) electrons. The zero-order chi connectivity index (χ0) is 3.54. The Morgan fingerprint density at radius 3 is 3.00 bits per heavy atom. The molecule has 0 aromatic heterocycles. The van der Waals surface area contributed by atoms with Crippen molar-refractivity contribution in [2.75, 3.05) is 6.54 Å². The molecule has 0 fully saturated rings. The molecular formula is C3H3N2. The number of nitrogens with zero attached hydrogens (tertiary/aromatic N) is 2. The van der Waals surface area contributed by atoms with Crippen molar-refractivity contribution in [3.63, 3.8) is 0 Å². The van der Waals surface area contributed by atoms with Gasteiger partial charge in [-0.15, -0.1) is 0 Å². The Labute approximate surface area is 30.3 Å². The first-order valence-electron chi connectivity index (χ1n) is 1.43. The van der Waals surface area contributed by atoms with Crippen molar-refractivity contribution >= 4 is 12.6 Å². The van der Waals surface area contributed by atoms with Gasteiger partial charge in [-0.2, -0.15) is 0 Å². The van der Waals surface area contributed by atoms with Crippen LogP contribution in [-0.2, 0) is 0 Å². The van der Waals surface area contributed by atoms with Gasteiger partial charge in [0, 0.05) is 6.21 Å². The van der Waals surface area contributed by atoms with E-state index in [1.165, 1.54) is 0 Å². The van der Waals surface area contributed by atoms with Crippen LogP contribution in [0.25, 0.3) is 0 Å². The highest BCUT2D eigenvalue weighted by atomic mass is 14.9. The predicted octanol–water partition coefficient (Wildman–Crippen LogP) is -0.0239. The molecule has 0 N–H and O–H groups in total. The topological polar surface area (TPSA) is 24.7 Å². The minimum Gasteiger partial charge on any atom is -0.258 e. The van der Waals surface area contributed by atoms with E-state index >= 15 is 0 Å². The highest BCUT2D eigenvalue weighted by Crippen LogP contribution is 1.71. The molecule has 0 saturated heterocycles. The fourth-order valence-electron chi connectivity index (χ4n) is 0.204. The van der Waals surface area contributed by atoms with Gasteiger partial charge in [-0.1, -0.05) is 0 Å². The second-order valence-electron chi connectivity index (χ2n) is 0.752. The maximum absolute atomic E-state index is 3.61. The summed E-state index contributed by atoms with van der Waals surface area (Å²) in [7, 11) is 0. The smallest absolute Gasteiger partial charge is 0.192 e. The second kappa shape index (κ2) is 0.971. The lowest BCUT2D eigenvalue weighted by molar-refractivity contribution is 1.38. The molecule has 2 heteroatoms. The lowest BCUT2D eigenvalue weighted by atomic mass is 10.8. The van der Waals surface area contributed by atoms with E-state index in [2.05, 4.69) is 16.3 Å². The van der Waals surface area contributed by atoms with Crippen molar-refractivity contribution < 1.29 is 0 Å². The van der Waals surface area contributed by atoms with Crippen molar-refractivity contribution in [3.05, 3.63) is 0 Å². The molecule has 0 saturated carbocycles. The van der Waals surface area contributed by atoms with Crippen LogP contribution in [0.3, 0.4) is 0 Å². The zero-order valence-corrected chi connectivity index (χ0v) is 2.68. The molecule has 0 aliphatic carbocycles. The molecule has 0 aromatic carbocycles. The molecule has 1 aliphatic rings. The molecule has 0 unspecified atom stereocenters. The maximum atomic E-state index is 3.61. The summed E-state index contributed by atoms with van der Waals surface area (Å²) in [4.78, 5) is 7.15. The summed E-state index contributed by atoms with van der Waals surface area (Å²) < 4.78 is 0. The molecule has 1 heterocycles. The van der Waals surface area contributed by atoms with Crippen molar-refractivity contribution in [3.8, 4) is 0 Å². The van der Waals surface area contributed by atoms with Crippen LogP contribution in [0.15, 0.2) is 9.98 Å². The molecular weight excluding hydrogens is 64.0 g/mol. The van der Waals surface area contributed by atoms with Crippen LogP contribution < -0.4 is 0 Å². The van der Waals surface area contributed by atoms with Gasteiger partial charge in [0.2, 0.25) is 0 Å². The lowest BCUT2D eigenvalue weighted by Gasteiger charge is -1.55. The first-order valence-corrected chi connectivity index (χ1v) is 1.43. The van der Waals surface area contributed by atoms with Crippen LogP contribution in [-0.4, -0.2) is 19.1 Å². The van der Waals surface area contributed by atoms with Crippen molar-refractivity contribution in [2.45, 2.75) is 0 Å². The van der Waals surface area contributed by atoms with Crippen LogP contribution in [0, 0.1) is 0 Å². The van der Waals surface area contributed by atoms with Gasteiger partial charge in [-0.25, -0.2) is 4.99 Å². The quantitative estimate of drug-likeness (QED) is 0.380. The van der Waals surface area contributed by atoms with Crippen molar-refractivity contribution in [1.29, 1.82) is 0 Å². The third-order valence-corrected chi connectivity index (χ3v) is 0.393. The number of hydrogen-bond donors (Lipinski definition) is 0. The number of hydrogen-bond acceptors (Lipinski definition) is 2. The van der Waals surface area contributed by atoms with Gasteiger partial charge in [-0.05, 0) is 0 Å². The Kier molecular flexibility index (Phi) is 0.499. The number of aliphatic imine (C=N–C) groups is 2. The van der Waals surface area contributed by atoms with E-state index in [-0.39, 0.29) is 0 Å². The summed E-state index contributed by atoms with van der Waals surface area (Å²) in [6, 6.07) is 0. The van der Waals surface area contributed by atoms with E-state index in [0.717, 1.165) is 6.54 Å². The fourth-order valence-corrected chi connectivity index (χ4v) is 0.204. The average Bonchev–Trinajstić information content (AvgIpc) is 1.76. The van der Waals surface area contributed by atoms with E-state index in [0.29, 0.717) is 0 Å². The highest BCUT2D eigenvalue weighted by Gasteiger charge is 1.75. The van der Waals surface area contributed by atoms with Gasteiger partial charge in [0.05, 0.1) is 6.54 Å². The van der Waals surface area contributed by atoms with Gasteiger partial charge in [0.25, 0.3) is 0 Å². The van der Waals surface area contributed by atoms with Crippen LogP contribution in [0.2, 0.25) is 0 Å². The first-order chi connectivity index (χ1) is 2.50. The minimum absolute atomic E-state index is 0.722. The molecule has 0 aromatic rings. The molecule has 25 valence electrons. The van der Waals surface area contributed by atoms with E-state index in [4.69, 9.17) is 0 Å². The Morgan fingerprint density at radius 1 is 1.80 bits per heavy atom. The summed E-state index contributed by atoms with van der Waals surface area (Å²) in [5.41, 5.74) is 0. The molecule has 0 bridgehead atoms. The van der Waals surface area contributed by atoms with E-state index in [9.17, 15) is 0 Å². The molecule has 0 spiro atoms. The van der Waals surface area contributed by atoms with Gasteiger partial charge in [0.15, 0.2) is 6.34 Å². The van der Waals surface area contributed by atoms with Crippen LogP contribution in [0.1, 0.15) is 0 Å². The average molecular weight is 67.1 g/mol. The minimum atomic E-state index is 0.722. The summed E-state index contributed by atoms with van der Waals surface area (Å²) in [5.74, 6) is 0. The Hall–Kier alpha value is -0.660. The normalized spacial score (nSPS) is 17.6. The fraction of sp³-hybridized carbons (Fsp3) is 0.333. The van der Waals surface area contributed by atoms with Crippen molar-refractivity contribution in [1.82, 2.24) is 0 Å². The first kappa shape index (κ1) is 2.57. The molecule has 2 nitrogen and oxygen atoms in total. The van der Waals surface area contributed by atoms with Gasteiger partial charge >= 0.3 is 0 Å². The number of rotatable bonds is 0. The Morgan fingerprint density at radius 2 is 2.80 bits per heavy atom. The lowest BCUT2D eigenvalue weighted by Crippen LogP contribution is -1.65. The standard InChI is InChI=1S/C3H3N2/c1-2-5-3-4-1/h1H,2H2. The molecule has 5 heavy (non-hydrogen) atoms. The summed E-state index contributed by atoms with van der Waals surface area (Å²) in [6.45, 7) is 0.722. The summed E-state index contributed by atoms with van der Waals surface area (Å²) in [5, 5.41) is 0. The largest absolute Gasteiger partial charge is 0.258 e. The Bertz CT molecular complexity index is 63.0. The second-order valence-corrected chi connectivity index (χ2v) is 0.752. The monoisotopic (exact) mass is 67.0 g/mol.